The fraction of sp³-hybridized carbons (Fsp3) is 0.368. The van der Waals surface area contributed by atoms with Crippen molar-refractivity contribution in [2.75, 3.05) is 6.54 Å². The van der Waals surface area contributed by atoms with Gasteiger partial charge in [0.2, 0.25) is 10.0 Å². The van der Waals surface area contributed by atoms with Crippen LogP contribution in [-0.4, -0.2) is 15.0 Å². The molecule has 3 rings (SSSR count). The Morgan fingerprint density at radius 1 is 1.09 bits per heavy atom. The van der Waals surface area contributed by atoms with Crippen molar-refractivity contribution in [1.29, 1.82) is 0 Å². The first kappa shape index (κ1) is 16.2. The van der Waals surface area contributed by atoms with Crippen LogP contribution in [0.2, 0.25) is 0 Å². The Bertz CT molecular complexity index is 796. The molecule has 1 atom stereocenters. The molecule has 122 valence electrons. The van der Waals surface area contributed by atoms with Gasteiger partial charge < -0.3 is 0 Å². The van der Waals surface area contributed by atoms with Crippen LogP contribution in [0, 0.1) is 6.92 Å². The second kappa shape index (κ2) is 6.10. The van der Waals surface area contributed by atoms with E-state index in [-0.39, 0.29) is 5.41 Å². The lowest BCUT2D eigenvalue weighted by molar-refractivity contribution is 0.430. The Hall–Kier alpha value is -1.65. The van der Waals surface area contributed by atoms with Gasteiger partial charge in [-0.1, -0.05) is 48.9 Å². The van der Waals surface area contributed by atoms with Crippen molar-refractivity contribution in [3.05, 3.63) is 65.2 Å². The van der Waals surface area contributed by atoms with E-state index in [1.807, 2.05) is 19.1 Å². The molecule has 1 N–H and O–H groups in total. The van der Waals surface area contributed by atoms with E-state index in [0.29, 0.717) is 11.4 Å². The number of sulfonamides is 1. The Kier molecular flexibility index (Phi) is 4.30. The first-order chi connectivity index (χ1) is 10.9. The van der Waals surface area contributed by atoms with Crippen LogP contribution in [0.25, 0.3) is 0 Å². The lowest BCUT2D eigenvalue weighted by Crippen LogP contribution is -2.30. The quantitative estimate of drug-likeness (QED) is 0.911. The molecule has 0 saturated heterocycles. The minimum atomic E-state index is -3.42. The van der Waals surface area contributed by atoms with Crippen molar-refractivity contribution < 1.29 is 8.42 Å². The molecule has 1 aliphatic rings. The predicted octanol–water partition coefficient (Wildman–Crippen LogP) is 3.57. The molecule has 0 amide bonds. The van der Waals surface area contributed by atoms with Gasteiger partial charge in [-0.05, 0) is 54.9 Å². The topological polar surface area (TPSA) is 46.2 Å². The van der Waals surface area contributed by atoms with Crippen LogP contribution in [0.1, 0.15) is 36.5 Å². The molecule has 0 fully saturated rings. The Morgan fingerprint density at radius 3 is 2.52 bits per heavy atom. The standard InChI is InChI=1S/C19H23NO2S/c1-15-7-9-17(10-8-15)23(21,22)20-14-13-19(2)12-11-16-5-3-4-6-18(16)19/h3-10,20H,11-14H2,1-2H3/t19-/m0/s1. The van der Waals surface area contributed by atoms with Crippen molar-refractivity contribution in [3.8, 4) is 0 Å². The molecule has 0 radical (unpaired) electrons. The number of rotatable bonds is 5. The van der Waals surface area contributed by atoms with Crippen LogP contribution in [0.15, 0.2) is 53.4 Å². The van der Waals surface area contributed by atoms with Crippen LogP contribution in [0.3, 0.4) is 0 Å². The van der Waals surface area contributed by atoms with Gasteiger partial charge in [0, 0.05) is 6.54 Å². The minimum absolute atomic E-state index is 0.0619. The molecule has 0 bridgehead atoms. The Labute approximate surface area is 138 Å². The summed E-state index contributed by atoms with van der Waals surface area (Å²) in [6.07, 6.45) is 2.98. The van der Waals surface area contributed by atoms with Crippen molar-refractivity contribution in [2.45, 2.75) is 43.4 Å². The first-order valence-electron chi connectivity index (χ1n) is 8.05. The summed E-state index contributed by atoms with van der Waals surface area (Å²) in [5, 5.41) is 0. The third-order valence-corrected chi connectivity index (χ3v) is 6.39. The van der Waals surface area contributed by atoms with Crippen molar-refractivity contribution in [2.24, 2.45) is 0 Å². The number of benzene rings is 2. The van der Waals surface area contributed by atoms with Gasteiger partial charge >= 0.3 is 0 Å². The highest BCUT2D eigenvalue weighted by Crippen LogP contribution is 2.40. The van der Waals surface area contributed by atoms with Crippen LogP contribution in [0.4, 0.5) is 0 Å². The number of aryl methyl sites for hydroxylation is 2. The molecule has 2 aromatic carbocycles. The van der Waals surface area contributed by atoms with E-state index in [9.17, 15) is 8.42 Å². The van der Waals surface area contributed by atoms with E-state index in [1.54, 1.807) is 12.1 Å². The van der Waals surface area contributed by atoms with E-state index < -0.39 is 10.0 Å². The average Bonchev–Trinajstić information content (AvgIpc) is 2.86. The molecule has 1 aliphatic carbocycles. The van der Waals surface area contributed by atoms with E-state index in [4.69, 9.17) is 0 Å². The summed E-state index contributed by atoms with van der Waals surface area (Å²) in [7, 11) is -3.42. The number of nitrogens with one attached hydrogen (secondary N) is 1. The molecule has 0 heterocycles. The predicted molar refractivity (Wildman–Crippen MR) is 93.1 cm³/mol. The largest absolute Gasteiger partial charge is 0.240 e. The molecular formula is C19H23NO2S. The monoisotopic (exact) mass is 329 g/mol. The Morgan fingerprint density at radius 2 is 1.78 bits per heavy atom. The van der Waals surface area contributed by atoms with Crippen molar-refractivity contribution >= 4 is 10.0 Å². The second-order valence-electron chi connectivity index (χ2n) is 6.68. The summed E-state index contributed by atoms with van der Waals surface area (Å²) in [4.78, 5) is 0.333. The maximum Gasteiger partial charge on any atom is 0.240 e. The molecule has 3 nitrogen and oxygen atoms in total. The summed E-state index contributed by atoms with van der Waals surface area (Å²) in [5.74, 6) is 0. The lowest BCUT2D eigenvalue weighted by Gasteiger charge is -2.25. The summed E-state index contributed by atoms with van der Waals surface area (Å²) < 4.78 is 27.5. The van der Waals surface area contributed by atoms with Gasteiger partial charge in [-0.15, -0.1) is 0 Å². The maximum absolute atomic E-state index is 12.4. The molecule has 0 unspecified atom stereocenters. The zero-order chi connectivity index (χ0) is 16.5. The number of fused-ring (bicyclic) bond motifs is 1. The maximum atomic E-state index is 12.4. The molecule has 0 spiro atoms. The first-order valence-corrected chi connectivity index (χ1v) is 9.54. The van der Waals surface area contributed by atoms with Crippen LogP contribution < -0.4 is 4.72 Å². The second-order valence-corrected chi connectivity index (χ2v) is 8.45. The van der Waals surface area contributed by atoms with E-state index >= 15 is 0 Å². The van der Waals surface area contributed by atoms with Gasteiger partial charge in [0.25, 0.3) is 0 Å². The third kappa shape index (κ3) is 3.33. The van der Waals surface area contributed by atoms with Gasteiger partial charge in [0.1, 0.15) is 0 Å². The molecule has 0 saturated carbocycles. The van der Waals surface area contributed by atoms with Crippen LogP contribution >= 0.6 is 0 Å². The van der Waals surface area contributed by atoms with Crippen molar-refractivity contribution in [1.82, 2.24) is 4.72 Å². The molecule has 4 heteroatoms. The summed E-state index contributed by atoms with van der Waals surface area (Å²) in [6, 6.07) is 15.5. The van der Waals surface area contributed by atoms with Gasteiger partial charge in [-0.3, -0.25) is 0 Å². The van der Waals surface area contributed by atoms with Gasteiger partial charge in [0.05, 0.1) is 4.90 Å². The SMILES string of the molecule is Cc1ccc(S(=O)(=O)NCC[C@]2(C)CCc3ccccc32)cc1. The highest BCUT2D eigenvalue weighted by molar-refractivity contribution is 7.89. The zero-order valence-corrected chi connectivity index (χ0v) is 14.5. The fourth-order valence-corrected chi connectivity index (χ4v) is 4.43. The molecular weight excluding hydrogens is 306 g/mol. The molecule has 0 aromatic heterocycles. The lowest BCUT2D eigenvalue weighted by atomic mass is 9.81. The van der Waals surface area contributed by atoms with Crippen LogP contribution in [-0.2, 0) is 21.9 Å². The van der Waals surface area contributed by atoms with Gasteiger partial charge in [-0.25, -0.2) is 13.1 Å². The summed E-state index contributed by atoms with van der Waals surface area (Å²) in [5.41, 5.74) is 3.89. The van der Waals surface area contributed by atoms with E-state index in [0.717, 1.165) is 24.8 Å². The molecule has 2 aromatic rings. The number of hydrogen-bond donors (Lipinski definition) is 1. The Balaban J connectivity index is 1.67. The number of hydrogen-bond acceptors (Lipinski definition) is 2. The minimum Gasteiger partial charge on any atom is -0.211 e. The van der Waals surface area contributed by atoms with Gasteiger partial charge in [-0.2, -0.15) is 0 Å². The molecule has 0 aliphatic heterocycles. The highest BCUT2D eigenvalue weighted by Gasteiger charge is 2.33. The summed E-state index contributed by atoms with van der Waals surface area (Å²) in [6.45, 7) is 4.64. The smallest absolute Gasteiger partial charge is 0.211 e. The van der Waals surface area contributed by atoms with Crippen LogP contribution in [0.5, 0.6) is 0 Å². The third-order valence-electron chi connectivity index (χ3n) is 4.91. The van der Waals surface area contributed by atoms with Gasteiger partial charge in [0.15, 0.2) is 0 Å². The molecule has 23 heavy (non-hydrogen) atoms. The van der Waals surface area contributed by atoms with Crippen molar-refractivity contribution in [3.63, 3.8) is 0 Å². The summed E-state index contributed by atoms with van der Waals surface area (Å²) >= 11 is 0. The zero-order valence-electron chi connectivity index (χ0n) is 13.7. The average molecular weight is 329 g/mol. The van der Waals surface area contributed by atoms with E-state index in [2.05, 4.69) is 35.9 Å². The highest BCUT2D eigenvalue weighted by atomic mass is 32.2. The normalized spacial score (nSPS) is 20.4. The van der Waals surface area contributed by atoms with E-state index in [1.165, 1.54) is 11.1 Å². The fourth-order valence-electron chi connectivity index (χ4n) is 3.39.